The zero-order valence-electron chi connectivity index (χ0n) is 12.5. The van der Waals surface area contributed by atoms with Crippen molar-refractivity contribution in [3.63, 3.8) is 0 Å². The van der Waals surface area contributed by atoms with Gasteiger partial charge in [-0.1, -0.05) is 0 Å². The quantitative estimate of drug-likeness (QED) is 0.465. The molecule has 0 saturated heterocycles. The molecule has 1 atom stereocenters. The van der Waals surface area contributed by atoms with Crippen molar-refractivity contribution in [2.24, 2.45) is 0 Å². The molecule has 116 valence electrons. The summed E-state index contributed by atoms with van der Waals surface area (Å²) in [6, 6.07) is 0. The summed E-state index contributed by atoms with van der Waals surface area (Å²) in [5, 5.41) is 3.46. The third kappa shape index (κ3) is 3.80. The van der Waals surface area contributed by atoms with Crippen LogP contribution >= 0.6 is 0 Å². The molecule has 1 unspecified atom stereocenters. The second-order valence-corrected chi connectivity index (χ2v) is 5.07. The minimum absolute atomic E-state index is 0.139. The van der Waals surface area contributed by atoms with Crippen LogP contribution in [-0.4, -0.2) is 41.0 Å². The van der Waals surface area contributed by atoms with E-state index < -0.39 is 0 Å². The van der Waals surface area contributed by atoms with Gasteiger partial charge in [0.2, 0.25) is 0 Å². The summed E-state index contributed by atoms with van der Waals surface area (Å²) < 4.78 is 0. The molecule has 8 nitrogen and oxygen atoms in total. The lowest BCUT2D eigenvalue weighted by molar-refractivity contribution is 0.151. The number of rotatable bonds is 8. The molecular weight excluding hydrogens is 280 g/mol. The standard InChI is InChI=1S/C14H20N8/c1-11(21-8-12-15-2-3-16-12)22(9-13-17-4-5-18-13)10-14-19-6-7-20-14/h2-7,11,21H,8-10H2,1H3,(H,15,16)(H,17,18)(H,19,20). The topological polar surface area (TPSA) is 101 Å². The van der Waals surface area contributed by atoms with Gasteiger partial charge in [-0.05, 0) is 6.92 Å². The van der Waals surface area contributed by atoms with E-state index in [4.69, 9.17) is 0 Å². The van der Waals surface area contributed by atoms with Crippen LogP contribution in [0.2, 0.25) is 0 Å². The van der Waals surface area contributed by atoms with Gasteiger partial charge in [-0.25, -0.2) is 15.0 Å². The van der Waals surface area contributed by atoms with Gasteiger partial charge in [0, 0.05) is 37.2 Å². The average Bonchev–Trinajstić information content (AvgIpc) is 3.27. The fourth-order valence-corrected chi connectivity index (χ4v) is 2.25. The van der Waals surface area contributed by atoms with Crippen LogP contribution in [0.1, 0.15) is 24.4 Å². The Hall–Kier alpha value is -2.45. The van der Waals surface area contributed by atoms with Crippen molar-refractivity contribution in [2.45, 2.75) is 32.7 Å². The van der Waals surface area contributed by atoms with Crippen LogP contribution in [0.5, 0.6) is 0 Å². The lowest BCUT2D eigenvalue weighted by Crippen LogP contribution is -2.43. The van der Waals surface area contributed by atoms with Crippen LogP contribution in [0, 0.1) is 0 Å². The highest BCUT2D eigenvalue weighted by Crippen LogP contribution is 2.08. The van der Waals surface area contributed by atoms with Crippen molar-refractivity contribution in [3.8, 4) is 0 Å². The predicted molar refractivity (Wildman–Crippen MR) is 81.3 cm³/mol. The Balaban J connectivity index is 1.63. The molecule has 8 heteroatoms. The monoisotopic (exact) mass is 300 g/mol. The molecule has 0 aromatic carbocycles. The van der Waals surface area contributed by atoms with E-state index in [1.165, 1.54) is 0 Å². The normalized spacial score (nSPS) is 12.8. The van der Waals surface area contributed by atoms with Crippen LogP contribution in [0.3, 0.4) is 0 Å². The number of nitrogens with zero attached hydrogens (tertiary/aromatic N) is 4. The highest BCUT2D eigenvalue weighted by molar-refractivity contribution is 4.92. The molecule has 0 saturated carbocycles. The Morgan fingerprint density at radius 2 is 1.41 bits per heavy atom. The van der Waals surface area contributed by atoms with Crippen molar-refractivity contribution in [1.29, 1.82) is 0 Å². The first kappa shape index (κ1) is 14.5. The molecule has 0 aliphatic heterocycles. The van der Waals surface area contributed by atoms with Gasteiger partial charge in [-0.3, -0.25) is 10.2 Å². The third-order valence-electron chi connectivity index (χ3n) is 3.48. The Bertz CT molecular complexity index is 592. The molecule has 0 spiro atoms. The van der Waals surface area contributed by atoms with Crippen LogP contribution in [-0.2, 0) is 19.6 Å². The van der Waals surface area contributed by atoms with Crippen LogP contribution in [0.25, 0.3) is 0 Å². The molecule has 0 bridgehead atoms. The van der Waals surface area contributed by atoms with Crippen molar-refractivity contribution in [1.82, 2.24) is 40.1 Å². The SMILES string of the molecule is CC(NCc1ncc[nH]1)N(Cc1ncc[nH]1)Cc1ncc[nH]1. The zero-order valence-corrected chi connectivity index (χ0v) is 12.5. The van der Waals surface area contributed by atoms with E-state index in [0.29, 0.717) is 19.6 Å². The molecule has 22 heavy (non-hydrogen) atoms. The van der Waals surface area contributed by atoms with Crippen LogP contribution in [0.4, 0.5) is 0 Å². The number of aromatic nitrogens is 6. The lowest BCUT2D eigenvalue weighted by atomic mass is 10.3. The summed E-state index contributed by atoms with van der Waals surface area (Å²) in [4.78, 5) is 24.5. The molecule has 0 fully saturated rings. The van der Waals surface area contributed by atoms with Crippen molar-refractivity contribution in [2.75, 3.05) is 0 Å². The fraction of sp³-hybridized carbons (Fsp3) is 0.357. The summed E-state index contributed by atoms with van der Waals surface area (Å²) >= 11 is 0. The number of imidazole rings is 3. The van der Waals surface area contributed by atoms with Crippen molar-refractivity contribution >= 4 is 0 Å². The maximum Gasteiger partial charge on any atom is 0.120 e. The number of hydrogen-bond donors (Lipinski definition) is 4. The predicted octanol–water partition coefficient (Wildman–Crippen LogP) is 0.994. The van der Waals surface area contributed by atoms with Gasteiger partial charge in [0.15, 0.2) is 0 Å². The number of nitrogens with one attached hydrogen (secondary N) is 4. The Labute approximate surface area is 128 Å². The molecule has 3 aromatic heterocycles. The second-order valence-electron chi connectivity index (χ2n) is 5.07. The Morgan fingerprint density at radius 3 is 1.86 bits per heavy atom. The third-order valence-corrected chi connectivity index (χ3v) is 3.48. The highest BCUT2D eigenvalue weighted by Gasteiger charge is 2.16. The molecule has 3 aromatic rings. The van der Waals surface area contributed by atoms with Gasteiger partial charge >= 0.3 is 0 Å². The number of H-pyrrole nitrogens is 3. The maximum absolute atomic E-state index is 4.30. The molecule has 0 aliphatic carbocycles. The van der Waals surface area contributed by atoms with E-state index in [2.05, 4.69) is 47.0 Å². The summed E-state index contributed by atoms with van der Waals surface area (Å²) in [7, 11) is 0. The summed E-state index contributed by atoms with van der Waals surface area (Å²) in [6.45, 7) is 4.22. The van der Waals surface area contributed by atoms with Crippen LogP contribution in [0.15, 0.2) is 37.2 Å². The largest absolute Gasteiger partial charge is 0.348 e. The van der Waals surface area contributed by atoms with Crippen molar-refractivity contribution < 1.29 is 0 Å². The van der Waals surface area contributed by atoms with Gasteiger partial charge < -0.3 is 15.0 Å². The first-order valence-corrected chi connectivity index (χ1v) is 7.23. The van der Waals surface area contributed by atoms with Gasteiger partial charge in [0.25, 0.3) is 0 Å². The molecule has 4 N–H and O–H groups in total. The average molecular weight is 300 g/mol. The number of hydrogen-bond acceptors (Lipinski definition) is 5. The zero-order chi connectivity index (χ0) is 15.2. The number of aromatic amines is 3. The lowest BCUT2D eigenvalue weighted by Gasteiger charge is -2.28. The molecule has 0 amide bonds. The van der Waals surface area contributed by atoms with Gasteiger partial charge in [-0.2, -0.15) is 0 Å². The maximum atomic E-state index is 4.30. The van der Waals surface area contributed by atoms with Gasteiger partial charge in [0.1, 0.15) is 17.5 Å². The second kappa shape index (κ2) is 7.01. The fourth-order valence-electron chi connectivity index (χ4n) is 2.25. The van der Waals surface area contributed by atoms with E-state index in [0.717, 1.165) is 17.5 Å². The molecule has 3 heterocycles. The minimum Gasteiger partial charge on any atom is -0.348 e. The van der Waals surface area contributed by atoms with E-state index in [1.807, 2.05) is 18.6 Å². The smallest absolute Gasteiger partial charge is 0.120 e. The van der Waals surface area contributed by atoms with E-state index in [1.54, 1.807) is 18.6 Å². The highest BCUT2D eigenvalue weighted by atomic mass is 15.3. The summed E-state index contributed by atoms with van der Waals surface area (Å²) in [5.41, 5.74) is 0. The van der Waals surface area contributed by atoms with Gasteiger partial charge in [0.05, 0.1) is 25.8 Å². The molecule has 0 aliphatic rings. The van der Waals surface area contributed by atoms with E-state index in [-0.39, 0.29) is 6.17 Å². The van der Waals surface area contributed by atoms with E-state index in [9.17, 15) is 0 Å². The summed E-state index contributed by atoms with van der Waals surface area (Å²) in [5.74, 6) is 2.78. The molecule has 3 rings (SSSR count). The Morgan fingerprint density at radius 1 is 0.909 bits per heavy atom. The first-order chi connectivity index (χ1) is 10.8. The Kier molecular flexibility index (Phi) is 4.62. The first-order valence-electron chi connectivity index (χ1n) is 7.23. The van der Waals surface area contributed by atoms with Gasteiger partial charge in [-0.15, -0.1) is 0 Å². The summed E-state index contributed by atoms with van der Waals surface area (Å²) in [6.07, 6.45) is 10.9. The minimum atomic E-state index is 0.139. The molecular formula is C14H20N8. The van der Waals surface area contributed by atoms with Crippen molar-refractivity contribution in [3.05, 3.63) is 54.7 Å². The van der Waals surface area contributed by atoms with E-state index >= 15 is 0 Å². The van der Waals surface area contributed by atoms with Crippen LogP contribution < -0.4 is 5.32 Å². The molecule has 0 radical (unpaired) electrons.